The van der Waals surface area contributed by atoms with Gasteiger partial charge < -0.3 is 14.2 Å². The molecule has 3 aromatic rings. The van der Waals surface area contributed by atoms with Gasteiger partial charge in [0.05, 0.1) is 18.8 Å². The van der Waals surface area contributed by atoms with E-state index in [0.717, 1.165) is 38.7 Å². The van der Waals surface area contributed by atoms with E-state index in [4.69, 9.17) is 20.9 Å². The Hall–Kier alpha value is -2.86. The van der Waals surface area contributed by atoms with Gasteiger partial charge in [0.15, 0.2) is 5.76 Å². The van der Waals surface area contributed by atoms with Crippen molar-refractivity contribution in [3.8, 4) is 17.1 Å². The smallest absolute Gasteiger partial charge is 0.223 e. The lowest BCUT2D eigenvalue weighted by atomic mass is 10.0. The van der Waals surface area contributed by atoms with Crippen molar-refractivity contribution in [3.05, 3.63) is 69.6 Å². The Labute approximate surface area is 185 Å². The first-order chi connectivity index (χ1) is 14.9. The van der Waals surface area contributed by atoms with E-state index in [-0.39, 0.29) is 11.7 Å². The highest BCUT2D eigenvalue weighted by atomic mass is 35.5. The summed E-state index contributed by atoms with van der Waals surface area (Å²) >= 11 is 6.19. The van der Waals surface area contributed by atoms with Crippen LogP contribution in [0.5, 0.6) is 5.75 Å². The zero-order chi connectivity index (χ0) is 22.0. The minimum absolute atomic E-state index is 0.0731. The van der Waals surface area contributed by atoms with Crippen molar-refractivity contribution in [2.45, 2.75) is 39.7 Å². The fraction of sp³-hybridized carbons (Fsp3) is 0.333. The Kier molecular flexibility index (Phi) is 6.28. The minimum atomic E-state index is -0.305. The summed E-state index contributed by atoms with van der Waals surface area (Å²) in [5.74, 6) is 1.14. The number of carbonyl (C=O) groups is 1. The summed E-state index contributed by atoms with van der Waals surface area (Å²) in [7, 11) is 0. The third kappa shape index (κ3) is 4.74. The number of ether oxygens (including phenoxy) is 1. The molecule has 1 aliphatic rings. The highest BCUT2D eigenvalue weighted by Crippen LogP contribution is 2.31. The first-order valence-corrected chi connectivity index (χ1v) is 10.7. The number of halogens is 2. The van der Waals surface area contributed by atoms with Crippen LogP contribution in [-0.2, 0) is 17.8 Å². The Morgan fingerprint density at radius 2 is 1.94 bits per heavy atom. The van der Waals surface area contributed by atoms with Gasteiger partial charge in [0.2, 0.25) is 5.91 Å². The Morgan fingerprint density at radius 1 is 1.23 bits per heavy atom. The van der Waals surface area contributed by atoms with Crippen molar-refractivity contribution in [1.29, 1.82) is 0 Å². The predicted molar refractivity (Wildman–Crippen MR) is 117 cm³/mol. The van der Waals surface area contributed by atoms with Crippen molar-refractivity contribution < 1.29 is 18.4 Å². The molecule has 0 atom stereocenters. The second-order valence-corrected chi connectivity index (χ2v) is 8.21. The lowest BCUT2D eigenvalue weighted by Gasteiger charge is -2.26. The van der Waals surface area contributed by atoms with Crippen LogP contribution in [0.25, 0.3) is 11.3 Å². The maximum atomic E-state index is 13.2. The van der Waals surface area contributed by atoms with Crippen molar-refractivity contribution in [2.24, 2.45) is 0 Å². The molecule has 0 N–H and O–H groups in total. The molecular formula is C24H24ClFN2O3. The normalized spacial score (nSPS) is 13.2. The van der Waals surface area contributed by atoms with E-state index >= 15 is 0 Å². The number of aryl methyl sites for hydroxylation is 2. The third-order valence-electron chi connectivity index (χ3n) is 5.51. The molecule has 4 rings (SSSR count). The van der Waals surface area contributed by atoms with Gasteiger partial charge in [0, 0.05) is 35.5 Å². The first kappa shape index (κ1) is 21.4. The minimum Gasteiger partial charge on any atom is -0.494 e. The highest BCUT2D eigenvalue weighted by molar-refractivity contribution is 6.32. The molecular weight excluding hydrogens is 419 g/mol. The van der Waals surface area contributed by atoms with Gasteiger partial charge in [0.25, 0.3) is 0 Å². The van der Waals surface area contributed by atoms with E-state index in [0.29, 0.717) is 44.7 Å². The molecule has 162 valence electrons. The molecule has 0 saturated heterocycles. The number of carbonyl (C=O) groups excluding carboxylic acids is 1. The summed E-state index contributed by atoms with van der Waals surface area (Å²) in [6.45, 7) is 5.40. The molecule has 1 aliphatic heterocycles. The number of aromatic nitrogens is 1. The monoisotopic (exact) mass is 442 g/mol. The number of nitrogens with zero attached hydrogens (tertiary/aromatic N) is 2. The fourth-order valence-electron chi connectivity index (χ4n) is 3.81. The number of hydrogen-bond donors (Lipinski definition) is 0. The molecule has 0 bridgehead atoms. The molecule has 0 spiro atoms. The number of fused-ring (bicyclic) bond motifs is 1. The zero-order valence-corrected chi connectivity index (χ0v) is 18.3. The molecule has 0 saturated carbocycles. The molecule has 2 heterocycles. The van der Waals surface area contributed by atoms with Crippen molar-refractivity contribution in [2.75, 3.05) is 13.2 Å². The van der Waals surface area contributed by atoms with E-state index in [2.05, 4.69) is 5.16 Å². The lowest BCUT2D eigenvalue weighted by Crippen LogP contribution is -2.36. The Morgan fingerprint density at radius 3 is 2.65 bits per heavy atom. The summed E-state index contributed by atoms with van der Waals surface area (Å²) in [6.07, 6.45) is 1.67. The topological polar surface area (TPSA) is 55.6 Å². The number of amides is 1. The number of hydrogen-bond acceptors (Lipinski definition) is 4. The molecule has 0 fully saturated rings. The van der Waals surface area contributed by atoms with Crippen LogP contribution in [0.15, 0.2) is 40.9 Å². The molecule has 5 nitrogen and oxygen atoms in total. The average Bonchev–Trinajstić information content (AvgIpc) is 3.18. The number of rotatable bonds is 6. The molecule has 0 aliphatic carbocycles. The van der Waals surface area contributed by atoms with Gasteiger partial charge in [-0.1, -0.05) is 16.8 Å². The van der Waals surface area contributed by atoms with Crippen molar-refractivity contribution in [3.63, 3.8) is 0 Å². The van der Waals surface area contributed by atoms with Gasteiger partial charge in [-0.2, -0.15) is 0 Å². The molecule has 0 radical (unpaired) electrons. The largest absolute Gasteiger partial charge is 0.494 e. The van der Waals surface area contributed by atoms with E-state index in [9.17, 15) is 9.18 Å². The standard InChI is InChI=1S/C24H24ClFN2O3/c1-15-12-19(13-16(2)23(15)25)30-11-3-4-22(29)28-10-9-21-20(14-28)24(31-27-21)17-5-7-18(26)8-6-17/h5-8,12-13H,3-4,9-11,14H2,1-2H3. The maximum absolute atomic E-state index is 13.2. The molecule has 1 aromatic heterocycles. The lowest BCUT2D eigenvalue weighted by molar-refractivity contribution is -0.132. The van der Waals surface area contributed by atoms with E-state index < -0.39 is 0 Å². The van der Waals surface area contributed by atoms with Crippen molar-refractivity contribution >= 4 is 17.5 Å². The first-order valence-electron chi connectivity index (χ1n) is 10.3. The van der Waals surface area contributed by atoms with Crippen LogP contribution < -0.4 is 4.74 Å². The van der Waals surface area contributed by atoms with Crippen LogP contribution in [0.2, 0.25) is 5.02 Å². The van der Waals surface area contributed by atoms with Gasteiger partial charge >= 0.3 is 0 Å². The summed E-state index contributed by atoms with van der Waals surface area (Å²) in [6, 6.07) is 9.92. The van der Waals surface area contributed by atoms with E-state index in [1.165, 1.54) is 12.1 Å². The quantitative estimate of drug-likeness (QED) is 0.473. The molecule has 0 unspecified atom stereocenters. The van der Waals surface area contributed by atoms with Crippen LogP contribution in [0, 0.1) is 19.7 Å². The molecule has 1 amide bonds. The maximum Gasteiger partial charge on any atom is 0.223 e. The van der Waals surface area contributed by atoms with Crippen molar-refractivity contribution in [1.82, 2.24) is 10.1 Å². The SMILES string of the molecule is Cc1cc(OCCCC(=O)N2CCc3noc(-c4ccc(F)cc4)c3C2)cc(C)c1Cl. The zero-order valence-electron chi connectivity index (χ0n) is 17.6. The average molecular weight is 443 g/mol. The molecule has 7 heteroatoms. The third-order valence-corrected chi connectivity index (χ3v) is 6.11. The summed E-state index contributed by atoms with van der Waals surface area (Å²) in [4.78, 5) is 14.6. The van der Waals surface area contributed by atoms with E-state index in [1.54, 1.807) is 12.1 Å². The van der Waals surface area contributed by atoms with Crippen LogP contribution in [0.3, 0.4) is 0 Å². The summed E-state index contributed by atoms with van der Waals surface area (Å²) in [5, 5.41) is 4.89. The van der Waals surface area contributed by atoms with Crippen LogP contribution >= 0.6 is 11.6 Å². The predicted octanol–water partition coefficient (Wildman–Crippen LogP) is 5.49. The molecule has 2 aromatic carbocycles. The van der Waals surface area contributed by atoms with Gasteiger partial charge in [-0.3, -0.25) is 4.79 Å². The molecule has 31 heavy (non-hydrogen) atoms. The van der Waals surface area contributed by atoms with Crippen LogP contribution in [-0.4, -0.2) is 29.1 Å². The second-order valence-electron chi connectivity index (χ2n) is 7.83. The van der Waals surface area contributed by atoms with Gasteiger partial charge in [-0.25, -0.2) is 4.39 Å². The Bertz CT molecular complexity index is 1070. The highest BCUT2D eigenvalue weighted by Gasteiger charge is 2.27. The van der Waals surface area contributed by atoms with Gasteiger partial charge in [0.1, 0.15) is 11.6 Å². The summed E-state index contributed by atoms with van der Waals surface area (Å²) < 4.78 is 24.5. The van der Waals surface area contributed by atoms with Gasteiger partial charge in [-0.15, -0.1) is 0 Å². The summed E-state index contributed by atoms with van der Waals surface area (Å²) in [5.41, 5.74) is 4.46. The second kappa shape index (κ2) is 9.10. The Balaban J connectivity index is 1.33. The van der Waals surface area contributed by atoms with Gasteiger partial charge in [-0.05, 0) is 67.8 Å². The van der Waals surface area contributed by atoms with E-state index in [1.807, 2.05) is 30.9 Å². The van der Waals surface area contributed by atoms with Crippen LogP contribution in [0.4, 0.5) is 4.39 Å². The fourth-order valence-corrected chi connectivity index (χ4v) is 3.92. The number of benzene rings is 2. The van der Waals surface area contributed by atoms with Crippen LogP contribution in [0.1, 0.15) is 35.2 Å².